The Bertz CT molecular complexity index is 566. The number of hydrogen-bond donors (Lipinski definition) is 2. The summed E-state index contributed by atoms with van der Waals surface area (Å²) >= 11 is 0. The van der Waals surface area contributed by atoms with Gasteiger partial charge >= 0.3 is 0 Å². The zero-order chi connectivity index (χ0) is 14.5. The Morgan fingerprint density at radius 2 is 2.15 bits per heavy atom. The van der Waals surface area contributed by atoms with Crippen molar-refractivity contribution in [2.45, 2.75) is 33.3 Å². The number of rotatable bonds is 6. The number of aromatic nitrogens is 2. The van der Waals surface area contributed by atoms with Gasteiger partial charge in [-0.05, 0) is 26.8 Å². The fourth-order valence-electron chi connectivity index (χ4n) is 1.82. The van der Waals surface area contributed by atoms with E-state index < -0.39 is 0 Å². The molecule has 0 bridgehead atoms. The van der Waals surface area contributed by atoms with Crippen molar-refractivity contribution in [2.24, 2.45) is 0 Å². The van der Waals surface area contributed by atoms with Crippen LogP contribution in [0.1, 0.15) is 25.6 Å². The van der Waals surface area contributed by atoms with E-state index in [-0.39, 0.29) is 6.10 Å². The maximum Gasteiger partial charge on any atom is 0.228 e. The lowest BCUT2D eigenvalue weighted by Crippen LogP contribution is -2.08. The number of ether oxygens (including phenoxy) is 1. The molecule has 2 rings (SSSR count). The van der Waals surface area contributed by atoms with E-state index >= 15 is 0 Å². The zero-order valence-corrected chi connectivity index (χ0v) is 12.0. The molecular formula is C14H20N4O2. The van der Waals surface area contributed by atoms with Crippen LogP contribution in [-0.2, 0) is 6.42 Å². The van der Waals surface area contributed by atoms with Gasteiger partial charge in [-0.2, -0.15) is 4.98 Å². The predicted octanol–water partition coefficient (Wildman–Crippen LogP) is 2.40. The van der Waals surface area contributed by atoms with Crippen molar-refractivity contribution in [3.63, 3.8) is 0 Å². The van der Waals surface area contributed by atoms with Gasteiger partial charge in [-0.15, -0.1) is 0 Å². The zero-order valence-electron chi connectivity index (χ0n) is 12.0. The number of nitrogens with two attached hydrogens (primary N) is 1. The summed E-state index contributed by atoms with van der Waals surface area (Å²) in [5.74, 6) is 2.03. The van der Waals surface area contributed by atoms with Gasteiger partial charge in [-0.3, -0.25) is 0 Å². The molecule has 0 aliphatic rings. The molecule has 0 saturated carbocycles. The van der Waals surface area contributed by atoms with Gasteiger partial charge in [-0.25, -0.2) is 0 Å². The molecule has 0 fully saturated rings. The van der Waals surface area contributed by atoms with Crippen LogP contribution >= 0.6 is 0 Å². The molecule has 0 spiro atoms. The van der Waals surface area contributed by atoms with E-state index in [1.807, 2.05) is 32.0 Å². The number of nitrogens with one attached hydrogen (secondary N) is 1. The van der Waals surface area contributed by atoms with Gasteiger partial charge in [0.05, 0.1) is 6.10 Å². The van der Waals surface area contributed by atoms with Gasteiger partial charge in [0.15, 0.2) is 5.82 Å². The van der Waals surface area contributed by atoms with E-state index in [0.717, 1.165) is 11.4 Å². The maximum absolute atomic E-state index is 5.86. The second-order valence-corrected chi connectivity index (χ2v) is 4.87. The monoisotopic (exact) mass is 276 g/mol. The average Bonchev–Trinajstić information content (AvgIpc) is 2.73. The quantitative estimate of drug-likeness (QED) is 0.788. The highest BCUT2D eigenvalue weighted by Crippen LogP contribution is 2.23. The molecule has 0 amide bonds. The van der Waals surface area contributed by atoms with Crippen LogP contribution in [0, 0.1) is 6.92 Å². The summed E-state index contributed by atoms with van der Waals surface area (Å²) < 4.78 is 10.7. The Morgan fingerprint density at radius 3 is 2.80 bits per heavy atom. The average molecular weight is 276 g/mol. The molecule has 0 radical (unpaired) electrons. The Morgan fingerprint density at radius 1 is 1.35 bits per heavy atom. The van der Waals surface area contributed by atoms with E-state index in [1.54, 1.807) is 6.92 Å². The second-order valence-electron chi connectivity index (χ2n) is 4.87. The van der Waals surface area contributed by atoms with Crippen LogP contribution in [0.5, 0.6) is 5.75 Å². The molecule has 0 atom stereocenters. The van der Waals surface area contributed by atoms with Gasteiger partial charge in [0.1, 0.15) is 5.75 Å². The Balaban J connectivity index is 1.93. The van der Waals surface area contributed by atoms with E-state index in [4.69, 9.17) is 15.0 Å². The topological polar surface area (TPSA) is 86.2 Å². The van der Waals surface area contributed by atoms with Crippen molar-refractivity contribution >= 4 is 11.4 Å². The van der Waals surface area contributed by atoms with Gasteiger partial charge in [0.2, 0.25) is 5.89 Å². The van der Waals surface area contributed by atoms with Crippen LogP contribution in [0.4, 0.5) is 11.4 Å². The minimum atomic E-state index is 0.117. The highest BCUT2D eigenvalue weighted by Gasteiger charge is 2.04. The van der Waals surface area contributed by atoms with Crippen LogP contribution in [0.3, 0.4) is 0 Å². The summed E-state index contributed by atoms with van der Waals surface area (Å²) in [5.41, 5.74) is 7.44. The SMILES string of the molecule is Cc1noc(CCNc2cc(N)cc(OC(C)C)c2)n1. The molecule has 3 N–H and O–H groups in total. The molecule has 0 unspecified atom stereocenters. The number of nitrogen functional groups attached to an aromatic ring is 1. The fourth-order valence-corrected chi connectivity index (χ4v) is 1.82. The fraction of sp³-hybridized carbons (Fsp3) is 0.429. The van der Waals surface area contributed by atoms with Gasteiger partial charge < -0.3 is 20.3 Å². The van der Waals surface area contributed by atoms with Gasteiger partial charge in [0.25, 0.3) is 0 Å². The standard InChI is InChI=1S/C14H20N4O2/c1-9(2)19-13-7-11(15)6-12(8-13)16-5-4-14-17-10(3)18-20-14/h6-9,16H,4-5,15H2,1-3H3. The number of anilines is 2. The summed E-state index contributed by atoms with van der Waals surface area (Å²) in [6.07, 6.45) is 0.779. The maximum atomic E-state index is 5.86. The smallest absolute Gasteiger partial charge is 0.228 e. The summed E-state index contributed by atoms with van der Waals surface area (Å²) in [5, 5.41) is 7.02. The van der Waals surface area contributed by atoms with Crippen LogP contribution in [0.25, 0.3) is 0 Å². The van der Waals surface area contributed by atoms with E-state index in [2.05, 4.69) is 15.5 Å². The van der Waals surface area contributed by atoms with Crippen LogP contribution in [0.2, 0.25) is 0 Å². The van der Waals surface area contributed by atoms with Crippen LogP contribution < -0.4 is 15.8 Å². The third-order valence-electron chi connectivity index (χ3n) is 2.54. The molecule has 20 heavy (non-hydrogen) atoms. The lowest BCUT2D eigenvalue weighted by molar-refractivity contribution is 0.242. The van der Waals surface area contributed by atoms with Crippen molar-refractivity contribution in [3.8, 4) is 5.75 Å². The molecule has 1 aromatic heterocycles. The molecule has 1 aromatic carbocycles. The molecule has 6 heteroatoms. The van der Waals surface area contributed by atoms with Crippen molar-refractivity contribution in [2.75, 3.05) is 17.6 Å². The van der Waals surface area contributed by atoms with Crippen molar-refractivity contribution in [3.05, 3.63) is 29.9 Å². The first-order valence-corrected chi connectivity index (χ1v) is 6.63. The lowest BCUT2D eigenvalue weighted by Gasteiger charge is -2.13. The van der Waals surface area contributed by atoms with Crippen molar-refractivity contribution < 1.29 is 9.26 Å². The van der Waals surface area contributed by atoms with Crippen molar-refractivity contribution in [1.82, 2.24) is 10.1 Å². The number of hydrogen-bond acceptors (Lipinski definition) is 6. The Hall–Kier alpha value is -2.24. The number of aryl methyl sites for hydroxylation is 1. The first-order valence-electron chi connectivity index (χ1n) is 6.63. The first kappa shape index (κ1) is 14.2. The van der Waals surface area contributed by atoms with Crippen LogP contribution in [-0.4, -0.2) is 22.8 Å². The molecular weight excluding hydrogens is 256 g/mol. The van der Waals surface area contributed by atoms with E-state index in [0.29, 0.717) is 30.4 Å². The Labute approximate surface area is 118 Å². The number of nitrogens with zero attached hydrogens (tertiary/aromatic N) is 2. The molecule has 6 nitrogen and oxygen atoms in total. The largest absolute Gasteiger partial charge is 0.491 e. The summed E-state index contributed by atoms with van der Waals surface area (Å²) in [6.45, 7) is 6.45. The molecule has 2 aromatic rings. The van der Waals surface area contributed by atoms with Crippen LogP contribution in [0.15, 0.2) is 22.7 Å². The van der Waals surface area contributed by atoms with Gasteiger partial charge in [0, 0.05) is 36.5 Å². The Kier molecular flexibility index (Phi) is 4.45. The molecule has 0 saturated heterocycles. The molecule has 1 heterocycles. The summed E-state index contributed by atoms with van der Waals surface area (Å²) in [7, 11) is 0. The normalized spacial score (nSPS) is 10.8. The first-order chi connectivity index (χ1) is 9.52. The number of benzene rings is 1. The third kappa shape index (κ3) is 4.15. The van der Waals surface area contributed by atoms with Gasteiger partial charge in [-0.1, -0.05) is 5.16 Å². The lowest BCUT2D eigenvalue weighted by atomic mass is 10.2. The second kappa shape index (κ2) is 6.27. The molecule has 0 aliphatic heterocycles. The minimum Gasteiger partial charge on any atom is -0.491 e. The predicted molar refractivity (Wildman–Crippen MR) is 77.8 cm³/mol. The summed E-state index contributed by atoms with van der Waals surface area (Å²) in [6, 6.07) is 5.61. The third-order valence-corrected chi connectivity index (χ3v) is 2.54. The van der Waals surface area contributed by atoms with Crippen molar-refractivity contribution in [1.29, 1.82) is 0 Å². The summed E-state index contributed by atoms with van der Waals surface area (Å²) in [4.78, 5) is 4.15. The van der Waals surface area contributed by atoms with E-state index in [9.17, 15) is 0 Å². The highest BCUT2D eigenvalue weighted by atomic mass is 16.5. The molecule has 0 aliphatic carbocycles. The molecule has 108 valence electrons. The van der Waals surface area contributed by atoms with E-state index in [1.165, 1.54) is 0 Å². The highest BCUT2D eigenvalue weighted by molar-refractivity contribution is 5.59. The minimum absolute atomic E-state index is 0.117.